The van der Waals surface area contributed by atoms with Crippen molar-refractivity contribution in [3.05, 3.63) is 0 Å². The summed E-state index contributed by atoms with van der Waals surface area (Å²) in [6.07, 6.45) is 0.305. The molecule has 6 nitrogen and oxygen atoms in total. The first-order chi connectivity index (χ1) is 9.67. The molecule has 1 aliphatic heterocycles. The van der Waals surface area contributed by atoms with Gasteiger partial charge in [-0.1, -0.05) is 13.8 Å². The molecule has 1 unspecified atom stereocenters. The van der Waals surface area contributed by atoms with Crippen LogP contribution < -0.4 is 0 Å². The predicted molar refractivity (Wildman–Crippen MR) is 79.8 cm³/mol. The van der Waals surface area contributed by atoms with Crippen LogP contribution in [0.25, 0.3) is 0 Å². The first kappa shape index (κ1) is 19.8. The Morgan fingerprint density at radius 2 is 1.75 bits per heavy atom. The largest absolute Gasteiger partial charge is 0.396 e. The van der Waals surface area contributed by atoms with Crippen molar-refractivity contribution < 1.29 is 20.1 Å². The van der Waals surface area contributed by atoms with E-state index in [1.54, 1.807) is 0 Å². The number of hydrogen-bond acceptors (Lipinski definition) is 6. The number of likely N-dealkylation sites (N-methyl/N-ethyl adjacent to an activating group) is 1. The molecule has 0 radical (unpaired) electrons. The molecule has 1 rings (SSSR count). The fraction of sp³-hybridized carbons (Fsp3) is 1.00. The van der Waals surface area contributed by atoms with Crippen molar-refractivity contribution in [3.8, 4) is 0 Å². The maximum atomic E-state index is 9.00. The molecule has 1 heterocycles. The third-order valence-electron chi connectivity index (χ3n) is 3.31. The number of nitrogens with zero attached hydrogens (tertiary/aromatic N) is 2. The van der Waals surface area contributed by atoms with Crippen molar-refractivity contribution in [2.24, 2.45) is 0 Å². The van der Waals surface area contributed by atoms with Gasteiger partial charge in [0.25, 0.3) is 0 Å². The summed E-state index contributed by atoms with van der Waals surface area (Å²) in [4.78, 5) is 4.39. The smallest absolute Gasteiger partial charge is 0.0897 e. The van der Waals surface area contributed by atoms with Crippen LogP contribution in [0.3, 0.4) is 0 Å². The number of ether oxygens (including phenoxy) is 1. The molecule has 1 fully saturated rings. The number of rotatable bonds is 8. The van der Waals surface area contributed by atoms with Crippen LogP contribution in [0.15, 0.2) is 0 Å². The Morgan fingerprint density at radius 3 is 2.20 bits per heavy atom. The van der Waals surface area contributed by atoms with Gasteiger partial charge in [0, 0.05) is 32.8 Å². The van der Waals surface area contributed by atoms with Crippen LogP contribution in [0, 0.1) is 0 Å². The topological polar surface area (TPSA) is 76.4 Å². The first-order valence-electron chi connectivity index (χ1n) is 7.60. The maximum absolute atomic E-state index is 9.00. The fourth-order valence-electron chi connectivity index (χ4n) is 1.96. The molecule has 0 aromatic heterocycles. The van der Waals surface area contributed by atoms with Crippen LogP contribution in [0.5, 0.6) is 0 Å². The Hall–Kier alpha value is -0.240. The van der Waals surface area contributed by atoms with Gasteiger partial charge in [-0.2, -0.15) is 0 Å². The molecule has 1 atom stereocenters. The predicted octanol–water partition coefficient (Wildman–Crippen LogP) is -0.618. The van der Waals surface area contributed by atoms with Crippen molar-refractivity contribution in [2.75, 3.05) is 65.7 Å². The van der Waals surface area contributed by atoms with E-state index in [0.717, 1.165) is 52.4 Å². The maximum Gasteiger partial charge on any atom is 0.0897 e. The van der Waals surface area contributed by atoms with Gasteiger partial charge in [-0.05, 0) is 19.5 Å². The summed E-state index contributed by atoms with van der Waals surface area (Å²) in [5, 5.41) is 26.0. The highest BCUT2D eigenvalue weighted by Crippen LogP contribution is 1.96. The molecular formula is C14H32N2O4. The standard InChI is InChI=1S/C7H15NO2.C7H17NO2/c9-5-1-2-8-3-6-10-7-4-8;1-3-8(4-2)5-7(10)6-9/h9H,1-7H2;7,9-10H,3-6H2,1-2H3. The molecule has 0 bridgehead atoms. The summed E-state index contributed by atoms with van der Waals surface area (Å²) < 4.78 is 5.18. The highest BCUT2D eigenvalue weighted by molar-refractivity contribution is 4.61. The Labute approximate surface area is 122 Å². The average molecular weight is 292 g/mol. The molecule has 0 spiro atoms. The fourth-order valence-corrected chi connectivity index (χ4v) is 1.96. The second-order valence-electron chi connectivity index (χ2n) is 4.85. The van der Waals surface area contributed by atoms with Gasteiger partial charge in [-0.25, -0.2) is 0 Å². The van der Waals surface area contributed by atoms with Gasteiger partial charge in [0.15, 0.2) is 0 Å². The van der Waals surface area contributed by atoms with E-state index in [1.165, 1.54) is 0 Å². The third kappa shape index (κ3) is 10.5. The van der Waals surface area contributed by atoms with Gasteiger partial charge in [-0.15, -0.1) is 0 Å². The van der Waals surface area contributed by atoms with Crippen LogP contribution in [-0.4, -0.2) is 96.9 Å². The molecule has 0 aliphatic carbocycles. The molecule has 0 amide bonds. The highest BCUT2D eigenvalue weighted by Gasteiger charge is 2.08. The number of aliphatic hydroxyl groups excluding tert-OH is 3. The molecule has 0 aromatic carbocycles. The zero-order chi connectivity index (χ0) is 15.2. The van der Waals surface area contributed by atoms with E-state index >= 15 is 0 Å². The van der Waals surface area contributed by atoms with E-state index in [4.69, 9.17) is 20.1 Å². The molecule has 122 valence electrons. The number of morpholine rings is 1. The van der Waals surface area contributed by atoms with Crippen LogP contribution >= 0.6 is 0 Å². The lowest BCUT2D eigenvalue weighted by molar-refractivity contribution is 0.0353. The van der Waals surface area contributed by atoms with Crippen molar-refractivity contribution in [3.63, 3.8) is 0 Å². The number of aliphatic hydroxyl groups is 3. The summed E-state index contributed by atoms with van der Waals surface area (Å²) in [5.74, 6) is 0. The van der Waals surface area contributed by atoms with E-state index < -0.39 is 6.10 Å². The van der Waals surface area contributed by atoms with Gasteiger partial charge in [0.1, 0.15) is 0 Å². The minimum Gasteiger partial charge on any atom is -0.396 e. The normalized spacial score (nSPS) is 17.7. The minimum atomic E-state index is -0.583. The Bertz CT molecular complexity index is 198. The Balaban J connectivity index is 0.000000361. The molecule has 6 heteroatoms. The molecule has 0 aromatic rings. The van der Waals surface area contributed by atoms with Gasteiger partial charge in [0.05, 0.1) is 25.9 Å². The van der Waals surface area contributed by atoms with Crippen molar-refractivity contribution in [2.45, 2.75) is 26.4 Å². The van der Waals surface area contributed by atoms with E-state index in [-0.39, 0.29) is 6.61 Å². The van der Waals surface area contributed by atoms with Crippen LogP contribution in [0.2, 0.25) is 0 Å². The lowest BCUT2D eigenvalue weighted by atomic mass is 10.3. The average Bonchev–Trinajstić information content (AvgIpc) is 2.51. The SMILES string of the molecule is CCN(CC)CC(O)CO.OCCCN1CCOCC1. The van der Waals surface area contributed by atoms with Crippen LogP contribution in [-0.2, 0) is 4.74 Å². The molecule has 1 aliphatic rings. The molecule has 3 N–H and O–H groups in total. The van der Waals surface area contributed by atoms with E-state index in [2.05, 4.69) is 9.80 Å². The molecular weight excluding hydrogens is 260 g/mol. The zero-order valence-electron chi connectivity index (χ0n) is 13.0. The van der Waals surface area contributed by atoms with E-state index in [1.807, 2.05) is 13.8 Å². The Kier molecular flexibility index (Phi) is 13.6. The van der Waals surface area contributed by atoms with Gasteiger partial charge in [0.2, 0.25) is 0 Å². The second-order valence-corrected chi connectivity index (χ2v) is 4.85. The van der Waals surface area contributed by atoms with Crippen molar-refractivity contribution in [1.82, 2.24) is 9.80 Å². The Morgan fingerprint density at radius 1 is 1.15 bits per heavy atom. The van der Waals surface area contributed by atoms with E-state index in [0.29, 0.717) is 13.2 Å². The highest BCUT2D eigenvalue weighted by atomic mass is 16.5. The lowest BCUT2D eigenvalue weighted by Gasteiger charge is -2.25. The minimum absolute atomic E-state index is 0.142. The summed E-state index contributed by atoms with van der Waals surface area (Å²) in [6.45, 7) is 11.4. The summed E-state index contributed by atoms with van der Waals surface area (Å²) in [6, 6.07) is 0. The monoisotopic (exact) mass is 292 g/mol. The van der Waals surface area contributed by atoms with Crippen LogP contribution in [0.4, 0.5) is 0 Å². The first-order valence-corrected chi connectivity index (χ1v) is 7.60. The quantitative estimate of drug-likeness (QED) is 0.554. The lowest BCUT2D eigenvalue weighted by Crippen LogP contribution is -2.37. The van der Waals surface area contributed by atoms with Crippen LogP contribution in [0.1, 0.15) is 20.3 Å². The van der Waals surface area contributed by atoms with Gasteiger partial charge < -0.3 is 25.0 Å². The van der Waals surface area contributed by atoms with Crippen molar-refractivity contribution in [1.29, 1.82) is 0 Å². The molecule has 1 saturated heterocycles. The third-order valence-corrected chi connectivity index (χ3v) is 3.31. The van der Waals surface area contributed by atoms with Gasteiger partial charge in [-0.3, -0.25) is 4.90 Å². The van der Waals surface area contributed by atoms with E-state index in [9.17, 15) is 0 Å². The number of hydrogen-bond donors (Lipinski definition) is 3. The van der Waals surface area contributed by atoms with Crippen molar-refractivity contribution >= 4 is 0 Å². The summed E-state index contributed by atoms with van der Waals surface area (Å²) in [5.41, 5.74) is 0. The summed E-state index contributed by atoms with van der Waals surface area (Å²) >= 11 is 0. The molecule has 20 heavy (non-hydrogen) atoms. The zero-order valence-corrected chi connectivity index (χ0v) is 13.0. The van der Waals surface area contributed by atoms with Gasteiger partial charge >= 0.3 is 0 Å². The molecule has 0 saturated carbocycles. The summed E-state index contributed by atoms with van der Waals surface area (Å²) in [7, 11) is 0. The second kappa shape index (κ2) is 13.7.